The summed E-state index contributed by atoms with van der Waals surface area (Å²) in [5, 5.41) is 13.9. The van der Waals surface area contributed by atoms with Gasteiger partial charge in [0.2, 0.25) is 0 Å². The van der Waals surface area contributed by atoms with Gasteiger partial charge >= 0.3 is 6.03 Å². The maximum absolute atomic E-state index is 11.3. The molecule has 0 heterocycles. The second-order valence-corrected chi connectivity index (χ2v) is 4.61. The lowest BCUT2D eigenvalue weighted by molar-refractivity contribution is 0.234. The quantitative estimate of drug-likeness (QED) is 0.672. The van der Waals surface area contributed by atoms with Crippen molar-refractivity contribution in [2.45, 2.75) is 26.9 Å². The summed E-state index contributed by atoms with van der Waals surface area (Å²) in [7, 11) is 0. The van der Waals surface area contributed by atoms with E-state index in [1.54, 1.807) is 0 Å². The zero-order chi connectivity index (χ0) is 14.8. The van der Waals surface area contributed by atoms with Gasteiger partial charge < -0.3 is 15.7 Å². The van der Waals surface area contributed by atoms with Gasteiger partial charge in [-0.1, -0.05) is 38.1 Å². The van der Waals surface area contributed by atoms with Crippen LogP contribution in [-0.4, -0.2) is 42.3 Å². The smallest absolute Gasteiger partial charge is 0.315 e. The number of amides is 2. The SMILES string of the molecule is CCN(CC)Cc1ccc(CNC(=O)NCCO)cc1. The van der Waals surface area contributed by atoms with Crippen molar-refractivity contribution >= 4 is 6.03 Å². The summed E-state index contributed by atoms with van der Waals surface area (Å²) < 4.78 is 0. The molecule has 5 nitrogen and oxygen atoms in total. The number of aliphatic hydroxyl groups excluding tert-OH is 1. The Kier molecular flexibility index (Phi) is 7.69. The fourth-order valence-electron chi connectivity index (χ4n) is 1.88. The zero-order valence-corrected chi connectivity index (χ0v) is 12.4. The van der Waals surface area contributed by atoms with Crippen molar-refractivity contribution in [3.8, 4) is 0 Å². The van der Waals surface area contributed by atoms with Gasteiger partial charge in [-0.2, -0.15) is 0 Å². The fraction of sp³-hybridized carbons (Fsp3) is 0.533. The molecule has 112 valence electrons. The molecule has 1 aromatic rings. The first kappa shape index (κ1) is 16.5. The molecular weight excluding hydrogens is 254 g/mol. The maximum atomic E-state index is 11.3. The average molecular weight is 279 g/mol. The van der Waals surface area contributed by atoms with Crippen LogP contribution in [-0.2, 0) is 13.1 Å². The molecule has 1 rings (SSSR count). The molecule has 0 atom stereocenters. The molecule has 0 bridgehead atoms. The first-order chi connectivity index (χ1) is 9.69. The highest BCUT2D eigenvalue weighted by Crippen LogP contribution is 2.07. The molecule has 0 aliphatic heterocycles. The first-order valence-electron chi connectivity index (χ1n) is 7.12. The summed E-state index contributed by atoms with van der Waals surface area (Å²) in [6.07, 6.45) is 0. The zero-order valence-electron chi connectivity index (χ0n) is 12.4. The molecule has 0 spiro atoms. The molecule has 3 N–H and O–H groups in total. The Balaban J connectivity index is 2.40. The van der Waals surface area contributed by atoms with Crippen LogP contribution in [0.5, 0.6) is 0 Å². The van der Waals surface area contributed by atoms with E-state index in [0.717, 1.165) is 25.2 Å². The molecule has 0 aliphatic rings. The Morgan fingerprint density at radius 1 is 1.10 bits per heavy atom. The minimum absolute atomic E-state index is 0.0481. The molecule has 2 amide bonds. The number of nitrogens with one attached hydrogen (secondary N) is 2. The van der Waals surface area contributed by atoms with Crippen molar-refractivity contribution in [2.75, 3.05) is 26.2 Å². The van der Waals surface area contributed by atoms with E-state index in [4.69, 9.17) is 5.11 Å². The molecule has 0 unspecified atom stereocenters. The van der Waals surface area contributed by atoms with E-state index < -0.39 is 0 Å². The number of hydrogen-bond donors (Lipinski definition) is 3. The average Bonchev–Trinajstić information content (AvgIpc) is 2.49. The third-order valence-corrected chi connectivity index (χ3v) is 3.17. The van der Waals surface area contributed by atoms with Gasteiger partial charge in [-0.25, -0.2) is 4.79 Å². The number of urea groups is 1. The number of carbonyl (C=O) groups excluding carboxylic acids is 1. The molecule has 20 heavy (non-hydrogen) atoms. The summed E-state index contributed by atoms with van der Waals surface area (Å²) in [6.45, 7) is 8.08. The summed E-state index contributed by atoms with van der Waals surface area (Å²) >= 11 is 0. The van der Waals surface area contributed by atoms with Crippen LogP contribution in [0.2, 0.25) is 0 Å². The number of aliphatic hydroxyl groups is 1. The van der Waals surface area contributed by atoms with Gasteiger partial charge in [0.05, 0.1) is 6.61 Å². The lowest BCUT2D eigenvalue weighted by Crippen LogP contribution is -2.36. The van der Waals surface area contributed by atoms with E-state index >= 15 is 0 Å². The molecule has 0 aliphatic carbocycles. The van der Waals surface area contributed by atoms with E-state index in [2.05, 4.69) is 41.5 Å². The topological polar surface area (TPSA) is 64.6 Å². The van der Waals surface area contributed by atoms with E-state index in [9.17, 15) is 4.79 Å². The van der Waals surface area contributed by atoms with Crippen molar-refractivity contribution in [1.82, 2.24) is 15.5 Å². The van der Waals surface area contributed by atoms with Crippen LogP contribution < -0.4 is 10.6 Å². The van der Waals surface area contributed by atoms with Gasteiger partial charge in [-0.05, 0) is 24.2 Å². The van der Waals surface area contributed by atoms with Crippen molar-refractivity contribution in [2.24, 2.45) is 0 Å². The van der Waals surface area contributed by atoms with Crippen LogP contribution in [0, 0.1) is 0 Å². The lowest BCUT2D eigenvalue weighted by Gasteiger charge is -2.18. The Morgan fingerprint density at radius 2 is 1.70 bits per heavy atom. The molecule has 0 radical (unpaired) electrons. The van der Waals surface area contributed by atoms with Crippen LogP contribution in [0.1, 0.15) is 25.0 Å². The minimum Gasteiger partial charge on any atom is -0.395 e. The van der Waals surface area contributed by atoms with E-state index in [1.165, 1.54) is 5.56 Å². The van der Waals surface area contributed by atoms with E-state index in [1.807, 2.05) is 12.1 Å². The van der Waals surface area contributed by atoms with Gasteiger partial charge in [-0.15, -0.1) is 0 Å². The molecular formula is C15H25N3O2. The van der Waals surface area contributed by atoms with Crippen LogP contribution in [0.3, 0.4) is 0 Å². The van der Waals surface area contributed by atoms with Crippen LogP contribution in [0.25, 0.3) is 0 Å². The van der Waals surface area contributed by atoms with Gasteiger partial charge in [-0.3, -0.25) is 4.90 Å². The normalized spacial score (nSPS) is 10.6. The predicted molar refractivity (Wildman–Crippen MR) is 80.4 cm³/mol. The summed E-state index contributed by atoms with van der Waals surface area (Å²) in [5.41, 5.74) is 2.34. The van der Waals surface area contributed by atoms with Crippen LogP contribution in [0.15, 0.2) is 24.3 Å². The highest BCUT2D eigenvalue weighted by molar-refractivity contribution is 5.73. The lowest BCUT2D eigenvalue weighted by atomic mass is 10.1. The molecule has 1 aromatic carbocycles. The Morgan fingerprint density at radius 3 is 2.25 bits per heavy atom. The number of carbonyl (C=O) groups is 1. The monoisotopic (exact) mass is 279 g/mol. The largest absolute Gasteiger partial charge is 0.395 e. The Hall–Kier alpha value is -1.59. The number of hydrogen-bond acceptors (Lipinski definition) is 3. The third kappa shape index (κ3) is 6.04. The highest BCUT2D eigenvalue weighted by Gasteiger charge is 2.02. The number of benzene rings is 1. The number of rotatable bonds is 8. The fourth-order valence-corrected chi connectivity index (χ4v) is 1.88. The summed E-state index contributed by atoms with van der Waals surface area (Å²) in [5.74, 6) is 0. The maximum Gasteiger partial charge on any atom is 0.315 e. The van der Waals surface area contributed by atoms with Crippen molar-refractivity contribution in [3.63, 3.8) is 0 Å². The van der Waals surface area contributed by atoms with E-state index in [-0.39, 0.29) is 19.2 Å². The molecule has 0 aromatic heterocycles. The van der Waals surface area contributed by atoms with Crippen molar-refractivity contribution < 1.29 is 9.90 Å². The molecule has 0 fully saturated rings. The minimum atomic E-state index is -0.258. The second-order valence-electron chi connectivity index (χ2n) is 4.61. The van der Waals surface area contributed by atoms with Crippen molar-refractivity contribution in [1.29, 1.82) is 0 Å². The molecule has 5 heteroatoms. The van der Waals surface area contributed by atoms with Gasteiger partial charge in [0.1, 0.15) is 0 Å². The van der Waals surface area contributed by atoms with E-state index in [0.29, 0.717) is 6.54 Å². The first-order valence-corrected chi connectivity index (χ1v) is 7.12. The van der Waals surface area contributed by atoms with Crippen LogP contribution in [0.4, 0.5) is 4.79 Å². The summed E-state index contributed by atoms with van der Waals surface area (Å²) in [6, 6.07) is 8.00. The Bertz CT molecular complexity index is 389. The third-order valence-electron chi connectivity index (χ3n) is 3.17. The molecule has 0 saturated carbocycles. The second kappa shape index (κ2) is 9.34. The van der Waals surface area contributed by atoms with Crippen molar-refractivity contribution in [3.05, 3.63) is 35.4 Å². The highest BCUT2D eigenvalue weighted by atomic mass is 16.3. The predicted octanol–water partition coefficient (Wildman–Crippen LogP) is 1.32. The standard InChI is InChI=1S/C15H25N3O2/c1-3-18(4-2)12-14-7-5-13(6-8-14)11-17-15(20)16-9-10-19/h5-8,19H,3-4,9-12H2,1-2H3,(H2,16,17,20). The number of nitrogens with zero attached hydrogens (tertiary/aromatic N) is 1. The van der Waals surface area contributed by atoms with Gasteiger partial charge in [0, 0.05) is 19.6 Å². The van der Waals surface area contributed by atoms with Crippen LogP contribution >= 0.6 is 0 Å². The van der Waals surface area contributed by atoms with Gasteiger partial charge in [0.25, 0.3) is 0 Å². The molecule has 0 saturated heterocycles. The Labute approximate surface area is 121 Å². The summed E-state index contributed by atoms with van der Waals surface area (Å²) in [4.78, 5) is 13.7. The van der Waals surface area contributed by atoms with Gasteiger partial charge in [0.15, 0.2) is 0 Å².